The second-order valence-corrected chi connectivity index (χ2v) is 7.96. The third kappa shape index (κ3) is 4.40. The van der Waals surface area contributed by atoms with Gasteiger partial charge in [-0.1, -0.05) is 23.2 Å². The molecule has 0 saturated carbocycles. The van der Waals surface area contributed by atoms with Crippen LogP contribution in [0.4, 0.5) is 11.4 Å². The summed E-state index contributed by atoms with van der Waals surface area (Å²) in [5.41, 5.74) is 1.18. The lowest BCUT2D eigenvalue weighted by atomic mass is 10.1. The van der Waals surface area contributed by atoms with Crippen LogP contribution in [0.5, 0.6) is 0 Å². The number of thioether (sulfide) groups is 1. The molecule has 1 N–H and O–H groups in total. The van der Waals surface area contributed by atoms with Crippen molar-refractivity contribution in [1.82, 2.24) is 5.32 Å². The molecule has 10 heteroatoms. The Morgan fingerprint density at radius 3 is 2.57 bits per heavy atom. The van der Waals surface area contributed by atoms with Crippen molar-refractivity contribution in [2.75, 3.05) is 0 Å². The van der Waals surface area contributed by atoms with Gasteiger partial charge in [-0.2, -0.15) is 0 Å². The number of halogens is 2. The van der Waals surface area contributed by atoms with E-state index in [-0.39, 0.29) is 11.6 Å². The summed E-state index contributed by atoms with van der Waals surface area (Å²) in [5, 5.41) is 14.7. The molecule has 30 heavy (non-hydrogen) atoms. The number of nitro benzene ring substituents is 1. The van der Waals surface area contributed by atoms with E-state index in [1.807, 2.05) is 0 Å². The molecule has 1 fully saturated rings. The molecule has 3 aromatic rings. The molecule has 150 valence electrons. The second-order valence-electron chi connectivity index (χ2n) is 6.08. The van der Waals surface area contributed by atoms with Crippen LogP contribution in [0.25, 0.3) is 17.4 Å². The maximum atomic E-state index is 12.3. The Balaban J connectivity index is 1.53. The van der Waals surface area contributed by atoms with Gasteiger partial charge in [0.15, 0.2) is 5.17 Å². The van der Waals surface area contributed by atoms with Crippen molar-refractivity contribution < 1.29 is 14.1 Å². The molecule has 7 nitrogen and oxygen atoms in total. The second kappa shape index (κ2) is 8.35. The standard InChI is InChI=1S/C20H11Cl2N3O4S/c21-12-3-7-16(15(22)9-12)23-20-24-19(26)18(30-20)10-14-6-8-17(29-14)11-1-4-13(5-2-11)25(27)28/h1-10H,(H,23,24,26). The number of carbonyl (C=O) groups excluding carboxylic acids is 1. The van der Waals surface area contributed by atoms with E-state index in [1.54, 1.807) is 48.5 Å². The normalized spacial score (nSPS) is 16.3. The molecule has 1 saturated heterocycles. The van der Waals surface area contributed by atoms with Crippen molar-refractivity contribution in [3.63, 3.8) is 0 Å². The summed E-state index contributed by atoms with van der Waals surface area (Å²) < 4.78 is 5.75. The number of rotatable bonds is 4. The SMILES string of the molecule is O=C1NC(=Nc2ccc(Cl)cc2Cl)SC1=Cc1ccc(-c2ccc([N+](=O)[O-])cc2)o1. The third-order valence-electron chi connectivity index (χ3n) is 4.05. The smallest absolute Gasteiger partial charge is 0.269 e. The number of nitrogens with one attached hydrogen (secondary N) is 1. The summed E-state index contributed by atoms with van der Waals surface area (Å²) >= 11 is 13.2. The Morgan fingerprint density at radius 2 is 1.87 bits per heavy atom. The van der Waals surface area contributed by atoms with Crippen LogP contribution in [-0.2, 0) is 4.79 Å². The number of hydrogen-bond acceptors (Lipinski definition) is 6. The van der Waals surface area contributed by atoms with E-state index in [4.69, 9.17) is 27.6 Å². The Hall–Kier alpha value is -3.07. The Morgan fingerprint density at radius 1 is 1.10 bits per heavy atom. The van der Waals surface area contributed by atoms with Crippen LogP contribution in [0.2, 0.25) is 10.0 Å². The molecule has 0 aliphatic carbocycles. The fourth-order valence-electron chi connectivity index (χ4n) is 2.62. The number of hydrogen-bond donors (Lipinski definition) is 1. The number of furan rings is 1. The lowest BCUT2D eigenvalue weighted by molar-refractivity contribution is -0.384. The summed E-state index contributed by atoms with van der Waals surface area (Å²) in [6.07, 6.45) is 1.60. The molecule has 0 spiro atoms. The number of nitrogens with zero attached hydrogens (tertiary/aromatic N) is 2. The van der Waals surface area contributed by atoms with Crippen molar-refractivity contribution in [3.8, 4) is 11.3 Å². The van der Waals surface area contributed by atoms with E-state index in [1.165, 1.54) is 12.1 Å². The van der Waals surface area contributed by atoms with Crippen LogP contribution in [0.15, 0.2) is 68.9 Å². The van der Waals surface area contributed by atoms with Crippen LogP contribution >= 0.6 is 35.0 Å². The molecule has 1 aliphatic rings. The van der Waals surface area contributed by atoms with Gasteiger partial charge in [0.1, 0.15) is 11.5 Å². The van der Waals surface area contributed by atoms with Crippen molar-refractivity contribution in [2.24, 2.45) is 4.99 Å². The van der Waals surface area contributed by atoms with Gasteiger partial charge in [-0.25, -0.2) is 4.99 Å². The van der Waals surface area contributed by atoms with E-state index < -0.39 is 4.92 Å². The molecule has 0 radical (unpaired) electrons. The van der Waals surface area contributed by atoms with E-state index >= 15 is 0 Å². The number of aliphatic imine (C=N–C) groups is 1. The number of amides is 1. The highest BCUT2D eigenvalue weighted by molar-refractivity contribution is 8.18. The zero-order chi connectivity index (χ0) is 21.3. The van der Waals surface area contributed by atoms with Gasteiger partial charge < -0.3 is 9.73 Å². The predicted octanol–water partition coefficient (Wildman–Crippen LogP) is 6.05. The Kier molecular flexibility index (Phi) is 5.63. The van der Waals surface area contributed by atoms with Crippen molar-refractivity contribution in [1.29, 1.82) is 0 Å². The van der Waals surface area contributed by atoms with E-state index in [0.29, 0.717) is 42.9 Å². The van der Waals surface area contributed by atoms with Crippen molar-refractivity contribution in [3.05, 3.63) is 85.4 Å². The number of amidine groups is 1. The van der Waals surface area contributed by atoms with Crippen LogP contribution in [-0.4, -0.2) is 16.0 Å². The lowest BCUT2D eigenvalue weighted by Gasteiger charge is -1.99. The maximum absolute atomic E-state index is 12.3. The third-order valence-corrected chi connectivity index (χ3v) is 5.49. The first-order valence-electron chi connectivity index (χ1n) is 8.48. The monoisotopic (exact) mass is 459 g/mol. The van der Waals surface area contributed by atoms with Gasteiger partial charge in [-0.05, 0) is 54.2 Å². The van der Waals surface area contributed by atoms with Crippen LogP contribution < -0.4 is 5.32 Å². The first-order valence-corrected chi connectivity index (χ1v) is 10.1. The minimum atomic E-state index is -0.464. The fourth-order valence-corrected chi connectivity index (χ4v) is 3.89. The summed E-state index contributed by atoms with van der Waals surface area (Å²) in [6, 6.07) is 14.3. The minimum Gasteiger partial charge on any atom is -0.457 e. The van der Waals surface area contributed by atoms with Crippen LogP contribution in [0.1, 0.15) is 5.76 Å². The van der Waals surface area contributed by atoms with Crippen LogP contribution in [0, 0.1) is 10.1 Å². The van der Waals surface area contributed by atoms with Gasteiger partial charge in [-0.3, -0.25) is 14.9 Å². The van der Waals surface area contributed by atoms with E-state index in [9.17, 15) is 14.9 Å². The number of non-ortho nitro benzene ring substituents is 1. The number of benzene rings is 2. The molecule has 2 aromatic carbocycles. The van der Waals surface area contributed by atoms with Crippen molar-refractivity contribution in [2.45, 2.75) is 0 Å². The number of nitro groups is 1. The van der Waals surface area contributed by atoms with Gasteiger partial charge in [-0.15, -0.1) is 0 Å². The average molecular weight is 460 g/mol. The first kappa shape index (κ1) is 20.2. The molecule has 0 bridgehead atoms. The van der Waals surface area contributed by atoms with E-state index in [0.717, 1.165) is 11.8 Å². The molecule has 1 amide bonds. The van der Waals surface area contributed by atoms with Gasteiger partial charge in [0.25, 0.3) is 11.6 Å². The fraction of sp³-hybridized carbons (Fsp3) is 0. The molecule has 2 heterocycles. The molecule has 0 atom stereocenters. The summed E-state index contributed by atoms with van der Waals surface area (Å²) in [7, 11) is 0. The molecule has 1 aromatic heterocycles. The molecule has 1 aliphatic heterocycles. The lowest BCUT2D eigenvalue weighted by Crippen LogP contribution is -2.19. The van der Waals surface area contributed by atoms with Crippen LogP contribution in [0.3, 0.4) is 0 Å². The first-order chi connectivity index (χ1) is 14.4. The highest BCUT2D eigenvalue weighted by Crippen LogP contribution is 2.33. The van der Waals surface area contributed by atoms with Gasteiger partial charge in [0.2, 0.25) is 0 Å². The molecule has 4 rings (SSSR count). The summed E-state index contributed by atoms with van der Waals surface area (Å²) in [4.78, 5) is 27.3. The van der Waals surface area contributed by atoms with E-state index in [2.05, 4.69) is 10.3 Å². The molecule has 0 unspecified atom stereocenters. The average Bonchev–Trinajstić information content (AvgIpc) is 3.31. The predicted molar refractivity (Wildman–Crippen MR) is 118 cm³/mol. The number of carbonyl (C=O) groups is 1. The summed E-state index contributed by atoms with van der Waals surface area (Å²) in [6.45, 7) is 0. The topological polar surface area (TPSA) is 97.7 Å². The minimum absolute atomic E-state index is 0.000665. The highest BCUT2D eigenvalue weighted by Gasteiger charge is 2.24. The highest BCUT2D eigenvalue weighted by atomic mass is 35.5. The van der Waals surface area contributed by atoms with Gasteiger partial charge in [0.05, 0.1) is 20.5 Å². The summed E-state index contributed by atoms with van der Waals surface area (Å²) in [5.74, 6) is 0.686. The molecular weight excluding hydrogens is 449 g/mol. The van der Waals surface area contributed by atoms with Gasteiger partial charge in [0, 0.05) is 28.8 Å². The maximum Gasteiger partial charge on any atom is 0.269 e. The largest absolute Gasteiger partial charge is 0.457 e. The quantitative estimate of drug-likeness (QED) is 0.290. The van der Waals surface area contributed by atoms with Crippen molar-refractivity contribution >= 4 is 63.5 Å². The zero-order valence-electron chi connectivity index (χ0n) is 15.0. The zero-order valence-corrected chi connectivity index (χ0v) is 17.3. The molecular formula is C20H11Cl2N3O4S. The Bertz CT molecular complexity index is 1220. The van der Waals surface area contributed by atoms with Gasteiger partial charge >= 0.3 is 0 Å². The Labute approximate surface area is 184 Å².